The van der Waals surface area contributed by atoms with Crippen molar-refractivity contribution in [2.45, 2.75) is 18.0 Å². The van der Waals surface area contributed by atoms with Gasteiger partial charge in [-0.25, -0.2) is 8.42 Å². The Balaban J connectivity index is 2.22. The molecular weight excluding hydrogens is 284 g/mol. The van der Waals surface area contributed by atoms with Crippen molar-refractivity contribution in [3.63, 3.8) is 0 Å². The Morgan fingerprint density at radius 2 is 1.67 bits per heavy atom. The molecule has 0 saturated heterocycles. The molecule has 1 N–H and O–H groups in total. The van der Waals surface area contributed by atoms with E-state index in [0.29, 0.717) is 18.0 Å². The first-order valence-electron chi connectivity index (χ1n) is 6.78. The van der Waals surface area contributed by atoms with E-state index in [1.807, 2.05) is 43.4 Å². The van der Waals surface area contributed by atoms with E-state index in [4.69, 9.17) is 0 Å². The zero-order valence-electron chi connectivity index (χ0n) is 12.3. The van der Waals surface area contributed by atoms with E-state index in [2.05, 4.69) is 5.32 Å². The van der Waals surface area contributed by atoms with Gasteiger partial charge in [-0.3, -0.25) is 0 Å². The highest BCUT2D eigenvalue weighted by Crippen LogP contribution is 2.18. The molecule has 112 valence electrons. The molecule has 0 saturated carbocycles. The standard InChI is InChI=1S/C16H20N2O2S/c1-17-12-15-9-6-10-16(11-15)21(19,20)18(2)13-14-7-4-3-5-8-14/h3-11,17H,12-13H2,1-2H3. The van der Waals surface area contributed by atoms with Crippen LogP contribution in [0.3, 0.4) is 0 Å². The Morgan fingerprint density at radius 1 is 1.00 bits per heavy atom. The molecule has 0 fully saturated rings. The molecule has 0 unspecified atom stereocenters. The monoisotopic (exact) mass is 304 g/mol. The first-order chi connectivity index (χ1) is 10.0. The van der Waals surface area contributed by atoms with Gasteiger partial charge in [0.15, 0.2) is 0 Å². The van der Waals surface area contributed by atoms with Crippen LogP contribution in [0, 0.1) is 0 Å². The molecule has 0 aliphatic rings. The van der Waals surface area contributed by atoms with E-state index in [0.717, 1.165) is 11.1 Å². The average molecular weight is 304 g/mol. The maximum absolute atomic E-state index is 12.6. The van der Waals surface area contributed by atoms with Crippen LogP contribution in [0.15, 0.2) is 59.5 Å². The summed E-state index contributed by atoms with van der Waals surface area (Å²) in [7, 11) is -0.0322. The lowest BCUT2D eigenvalue weighted by atomic mass is 10.2. The number of sulfonamides is 1. The maximum Gasteiger partial charge on any atom is 0.243 e. The summed E-state index contributed by atoms with van der Waals surface area (Å²) < 4.78 is 26.6. The number of rotatable bonds is 6. The molecular formula is C16H20N2O2S. The lowest BCUT2D eigenvalue weighted by Crippen LogP contribution is -2.26. The summed E-state index contributed by atoms with van der Waals surface area (Å²) >= 11 is 0. The highest BCUT2D eigenvalue weighted by atomic mass is 32.2. The topological polar surface area (TPSA) is 49.4 Å². The van der Waals surface area contributed by atoms with Crippen molar-refractivity contribution in [1.29, 1.82) is 0 Å². The Morgan fingerprint density at radius 3 is 2.33 bits per heavy atom. The van der Waals surface area contributed by atoms with Gasteiger partial charge >= 0.3 is 0 Å². The van der Waals surface area contributed by atoms with Crippen molar-refractivity contribution in [3.05, 3.63) is 65.7 Å². The summed E-state index contributed by atoms with van der Waals surface area (Å²) in [5.74, 6) is 0. The predicted octanol–water partition coefficient (Wildman–Crippen LogP) is 2.23. The summed E-state index contributed by atoms with van der Waals surface area (Å²) in [6.45, 7) is 1.01. The molecule has 0 atom stereocenters. The zero-order chi connectivity index (χ0) is 15.3. The first-order valence-corrected chi connectivity index (χ1v) is 8.22. The van der Waals surface area contributed by atoms with Crippen LogP contribution < -0.4 is 5.32 Å². The molecule has 0 spiro atoms. The van der Waals surface area contributed by atoms with E-state index < -0.39 is 10.0 Å². The molecule has 5 heteroatoms. The lowest BCUT2D eigenvalue weighted by Gasteiger charge is -2.17. The van der Waals surface area contributed by atoms with E-state index in [-0.39, 0.29) is 0 Å². The number of benzene rings is 2. The highest BCUT2D eigenvalue weighted by molar-refractivity contribution is 7.89. The van der Waals surface area contributed by atoms with Crippen LogP contribution in [0.5, 0.6) is 0 Å². The second-order valence-corrected chi connectivity index (χ2v) is 6.97. The molecule has 0 heterocycles. The first kappa shape index (κ1) is 15.7. The maximum atomic E-state index is 12.6. The SMILES string of the molecule is CNCc1cccc(S(=O)(=O)N(C)Cc2ccccc2)c1. The third-order valence-corrected chi connectivity index (χ3v) is 5.03. The smallest absolute Gasteiger partial charge is 0.243 e. The lowest BCUT2D eigenvalue weighted by molar-refractivity contribution is 0.466. The number of nitrogens with zero attached hydrogens (tertiary/aromatic N) is 1. The van der Waals surface area contributed by atoms with Gasteiger partial charge < -0.3 is 5.32 Å². The van der Waals surface area contributed by atoms with Gasteiger partial charge in [-0.15, -0.1) is 0 Å². The van der Waals surface area contributed by atoms with Crippen LogP contribution in [0.2, 0.25) is 0 Å². The van der Waals surface area contributed by atoms with Crippen LogP contribution in [0.25, 0.3) is 0 Å². The molecule has 0 aliphatic heterocycles. The van der Waals surface area contributed by atoms with Crippen molar-refractivity contribution in [1.82, 2.24) is 9.62 Å². The molecule has 2 rings (SSSR count). The molecule has 4 nitrogen and oxygen atoms in total. The van der Waals surface area contributed by atoms with Gasteiger partial charge in [-0.05, 0) is 30.3 Å². The quantitative estimate of drug-likeness (QED) is 0.890. The largest absolute Gasteiger partial charge is 0.316 e. The summed E-state index contributed by atoms with van der Waals surface area (Å²) in [6.07, 6.45) is 0. The molecule has 0 aromatic heterocycles. The van der Waals surface area contributed by atoms with Gasteiger partial charge in [0.25, 0.3) is 0 Å². The summed E-state index contributed by atoms with van der Waals surface area (Å²) in [4.78, 5) is 0.327. The van der Waals surface area contributed by atoms with Gasteiger partial charge in [0, 0.05) is 20.1 Å². The third kappa shape index (κ3) is 3.91. The summed E-state index contributed by atoms with van der Waals surface area (Å²) in [5, 5.41) is 3.02. The van der Waals surface area contributed by atoms with Gasteiger partial charge in [-0.1, -0.05) is 42.5 Å². The molecule has 0 aliphatic carbocycles. The van der Waals surface area contributed by atoms with Crippen molar-refractivity contribution in [2.75, 3.05) is 14.1 Å². The normalized spacial score (nSPS) is 11.8. The van der Waals surface area contributed by atoms with Gasteiger partial charge in [0.2, 0.25) is 10.0 Å². The molecule has 2 aromatic rings. The van der Waals surface area contributed by atoms with Crippen molar-refractivity contribution in [2.24, 2.45) is 0 Å². The van der Waals surface area contributed by atoms with Crippen molar-refractivity contribution in [3.8, 4) is 0 Å². The van der Waals surface area contributed by atoms with Gasteiger partial charge in [-0.2, -0.15) is 4.31 Å². The minimum Gasteiger partial charge on any atom is -0.316 e. The fourth-order valence-electron chi connectivity index (χ4n) is 2.13. The van der Waals surface area contributed by atoms with Crippen molar-refractivity contribution < 1.29 is 8.42 Å². The number of hydrogen-bond donors (Lipinski definition) is 1. The highest BCUT2D eigenvalue weighted by Gasteiger charge is 2.20. The predicted molar refractivity (Wildman–Crippen MR) is 84.3 cm³/mol. The van der Waals surface area contributed by atoms with E-state index >= 15 is 0 Å². The average Bonchev–Trinajstić information content (AvgIpc) is 2.49. The Labute approximate surface area is 126 Å². The molecule has 0 radical (unpaired) electrons. The summed E-state index contributed by atoms with van der Waals surface area (Å²) in [5.41, 5.74) is 1.92. The Hall–Kier alpha value is -1.69. The molecule has 2 aromatic carbocycles. The Kier molecular flexibility index (Phi) is 5.12. The minimum atomic E-state index is -3.47. The van der Waals surface area contributed by atoms with Crippen LogP contribution in [0.1, 0.15) is 11.1 Å². The van der Waals surface area contributed by atoms with Gasteiger partial charge in [0.1, 0.15) is 0 Å². The summed E-state index contributed by atoms with van der Waals surface area (Å²) in [6, 6.07) is 16.6. The van der Waals surface area contributed by atoms with E-state index in [1.165, 1.54) is 4.31 Å². The second kappa shape index (κ2) is 6.85. The minimum absolute atomic E-state index is 0.327. The van der Waals surface area contributed by atoms with E-state index in [9.17, 15) is 8.42 Å². The van der Waals surface area contributed by atoms with Crippen LogP contribution in [-0.2, 0) is 23.1 Å². The zero-order valence-corrected chi connectivity index (χ0v) is 13.1. The van der Waals surface area contributed by atoms with Crippen molar-refractivity contribution >= 4 is 10.0 Å². The second-order valence-electron chi connectivity index (χ2n) is 4.92. The third-order valence-electron chi connectivity index (χ3n) is 3.24. The van der Waals surface area contributed by atoms with Crippen LogP contribution in [0.4, 0.5) is 0 Å². The molecule has 0 amide bonds. The fraction of sp³-hybridized carbons (Fsp3) is 0.250. The van der Waals surface area contributed by atoms with Crippen LogP contribution in [-0.4, -0.2) is 26.8 Å². The van der Waals surface area contributed by atoms with E-state index in [1.54, 1.807) is 25.2 Å². The Bertz CT molecular complexity index is 684. The molecule has 21 heavy (non-hydrogen) atoms. The fourth-order valence-corrected chi connectivity index (χ4v) is 3.36. The number of hydrogen-bond acceptors (Lipinski definition) is 3. The molecule has 0 bridgehead atoms. The van der Waals surface area contributed by atoms with Crippen LogP contribution >= 0.6 is 0 Å². The van der Waals surface area contributed by atoms with Gasteiger partial charge in [0.05, 0.1) is 4.90 Å². The number of nitrogens with one attached hydrogen (secondary N) is 1.